The molecule has 0 fully saturated rings. The first kappa shape index (κ1) is 15.2. The molecule has 0 spiro atoms. The van der Waals surface area contributed by atoms with Crippen molar-refractivity contribution < 1.29 is 18.3 Å². The number of carboxylic acids is 1. The van der Waals surface area contributed by atoms with Crippen LogP contribution in [0.25, 0.3) is 0 Å². The van der Waals surface area contributed by atoms with Gasteiger partial charge in [-0.15, -0.1) is 0 Å². The summed E-state index contributed by atoms with van der Waals surface area (Å²) >= 11 is 0. The van der Waals surface area contributed by atoms with Crippen molar-refractivity contribution in [1.82, 2.24) is 0 Å². The summed E-state index contributed by atoms with van der Waals surface area (Å²) in [6, 6.07) is 12.2. The zero-order valence-electron chi connectivity index (χ0n) is 11.0. The number of hydrogen-bond donors (Lipinski definition) is 1. The Hall–Kier alpha value is -3.16. The highest BCUT2D eigenvalue weighted by Gasteiger charge is 2.24. The van der Waals surface area contributed by atoms with Crippen molar-refractivity contribution in [1.29, 1.82) is 10.5 Å². The first-order chi connectivity index (χ1) is 10.4. The summed E-state index contributed by atoms with van der Waals surface area (Å²) in [6.07, 6.45) is 0. The van der Waals surface area contributed by atoms with Gasteiger partial charge in [-0.25, -0.2) is 13.2 Å². The normalized spacial score (nSPS) is 10.5. The van der Waals surface area contributed by atoms with Crippen LogP contribution in [0.2, 0.25) is 0 Å². The molecule has 22 heavy (non-hydrogen) atoms. The molecule has 0 heterocycles. The maximum absolute atomic E-state index is 12.6. The Kier molecular flexibility index (Phi) is 3.93. The summed E-state index contributed by atoms with van der Waals surface area (Å²) in [5.74, 6) is -1.26. The van der Waals surface area contributed by atoms with E-state index in [1.54, 1.807) is 12.1 Å². The van der Waals surface area contributed by atoms with E-state index in [-0.39, 0.29) is 26.5 Å². The molecule has 0 aliphatic heterocycles. The minimum Gasteiger partial charge on any atom is -0.478 e. The van der Waals surface area contributed by atoms with Gasteiger partial charge >= 0.3 is 5.97 Å². The summed E-state index contributed by atoms with van der Waals surface area (Å²) in [5, 5.41) is 27.0. The molecule has 0 radical (unpaired) electrons. The average molecular weight is 312 g/mol. The van der Waals surface area contributed by atoms with Crippen LogP contribution in [0.1, 0.15) is 21.5 Å². The molecule has 0 unspecified atom stereocenters. The third-order valence-electron chi connectivity index (χ3n) is 2.94. The fourth-order valence-corrected chi connectivity index (χ4v) is 3.36. The lowest BCUT2D eigenvalue weighted by atomic mass is 10.1. The largest absolute Gasteiger partial charge is 0.478 e. The molecule has 0 aliphatic rings. The summed E-state index contributed by atoms with van der Waals surface area (Å²) in [7, 11) is -4.11. The molecule has 108 valence electrons. The molecule has 0 aromatic heterocycles. The Balaban J connectivity index is 2.73. The van der Waals surface area contributed by atoms with Crippen LogP contribution in [0.3, 0.4) is 0 Å². The summed E-state index contributed by atoms with van der Waals surface area (Å²) in [5.41, 5.74) is -0.500. The van der Waals surface area contributed by atoms with Crippen molar-refractivity contribution >= 4 is 15.8 Å². The minimum atomic E-state index is -4.11. The zero-order chi connectivity index (χ0) is 16.3. The first-order valence-corrected chi connectivity index (χ1v) is 7.42. The molecule has 1 N–H and O–H groups in total. The fourth-order valence-electron chi connectivity index (χ4n) is 1.89. The van der Waals surface area contributed by atoms with Gasteiger partial charge in [0, 0.05) is 0 Å². The van der Waals surface area contributed by atoms with E-state index in [2.05, 4.69) is 0 Å². The molecule has 2 aromatic carbocycles. The van der Waals surface area contributed by atoms with Crippen LogP contribution in [0.4, 0.5) is 0 Å². The second kappa shape index (κ2) is 5.68. The molecular formula is C15H8N2O4S. The topological polar surface area (TPSA) is 119 Å². The summed E-state index contributed by atoms with van der Waals surface area (Å²) < 4.78 is 25.2. The molecule has 2 rings (SSSR count). The standard InChI is InChI=1S/C15H8N2O4S/c16-8-11-4-2-6-14(13(11)9-17)22(20,21)12-5-1-3-10(7-12)15(18)19/h1-7H,(H,18,19). The van der Waals surface area contributed by atoms with Gasteiger partial charge in [-0.1, -0.05) is 12.1 Å². The van der Waals surface area contributed by atoms with E-state index in [1.807, 2.05) is 0 Å². The molecular weight excluding hydrogens is 304 g/mol. The van der Waals surface area contributed by atoms with Gasteiger partial charge in [0.15, 0.2) is 0 Å². The zero-order valence-corrected chi connectivity index (χ0v) is 11.8. The van der Waals surface area contributed by atoms with Gasteiger partial charge in [-0.3, -0.25) is 0 Å². The third-order valence-corrected chi connectivity index (χ3v) is 4.73. The lowest BCUT2D eigenvalue weighted by molar-refractivity contribution is 0.0696. The van der Waals surface area contributed by atoms with Crippen LogP contribution in [-0.2, 0) is 9.84 Å². The molecule has 0 saturated heterocycles. The number of sulfone groups is 1. The molecule has 2 aromatic rings. The Morgan fingerprint density at radius 1 is 1.05 bits per heavy atom. The van der Waals surface area contributed by atoms with Gasteiger partial charge < -0.3 is 5.11 Å². The van der Waals surface area contributed by atoms with Crippen molar-refractivity contribution in [2.24, 2.45) is 0 Å². The number of nitriles is 2. The highest BCUT2D eigenvalue weighted by Crippen LogP contribution is 2.26. The SMILES string of the molecule is N#Cc1cccc(S(=O)(=O)c2cccc(C(=O)O)c2)c1C#N. The van der Waals surface area contributed by atoms with Crippen LogP contribution in [-0.4, -0.2) is 19.5 Å². The highest BCUT2D eigenvalue weighted by atomic mass is 32.2. The predicted octanol–water partition coefficient (Wildman–Crippen LogP) is 1.96. The van der Waals surface area contributed by atoms with Gasteiger partial charge in [0.25, 0.3) is 0 Å². The van der Waals surface area contributed by atoms with Crippen molar-refractivity contribution in [2.45, 2.75) is 9.79 Å². The van der Waals surface area contributed by atoms with Crippen LogP contribution in [0.5, 0.6) is 0 Å². The smallest absolute Gasteiger partial charge is 0.335 e. The molecule has 0 aliphatic carbocycles. The fraction of sp³-hybridized carbons (Fsp3) is 0. The van der Waals surface area contributed by atoms with Crippen molar-refractivity contribution in [3.05, 3.63) is 59.2 Å². The Labute approximate surface area is 126 Å². The van der Waals surface area contributed by atoms with Gasteiger partial charge in [0.1, 0.15) is 12.1 Å². The van der Waals surface area contributed by atoms with E-state index >= 15 is 0 Å². The second-order valence-electron chi connectivity index (χ2n) is 4.24. The van der Waals surface area contributed by atoms with E-state index in [0.29, 0.717) is 0 Å². The van der Waals surface area contributed by atoms with Crippen LogP contribution in [0, 0.1) is 22.7 Å². The highest BCUT2D eigenvalue weighted by molar-refractivity contribution is 7.91. The Bertz CT molecular complexity index is 950. The predicted molar refractivity (Wildman–Crippen MR) is 74.7 cm³/mol. The number of carbonyl (C=O) groups is 1. The lowest BCUT2D eigenvalue weighted by Crippen LogP contribution is -2.07. The number of carboxylic acid groups (broad SMARTS) is 1. The van der Waals surface area contributed by atoms with Gasteiger partial charge in [-0.2, -0.15) is 10.5 Å². The summed E-state index contributed by atoms with van der Waals surface area (Å²) in [6.45, 7) is 0. The Morgan fingerprint density at radius 3 is 2.32 bits per heavy atom. The van der Waals surface area contributed by atoms with Gasteiger partial charge in [0.05, 0.1) is 26.5 Å². The minimum absolute atomic E-state index is 0.0574. The number of nitrogens with zero attached hydrogens (tertiary/aromatic N) is 2. The van der Waals surface area contributed by atoms with Crippen molar-refractivity contribution in [2.75, 3.05) is 0 Å². The molecule has 0 saturated carbocycles. The second-order valence-corrected chi connectivity index (χ2v) is 6.16. The van der Waals surface area contributed by atoms with Crippen LogP contribution >= 0.6 is 0 Å². The molecule has 7 heteroatoms. The quantitative estimate of drug-likeness (QED) is 0.925. The van der Waals surface area contributed by atoms with E-state index in [4.69, 9.17) is 15.6 Å². The maximum Gasteiger partial charge on any atom is 0.335 e. The van der Waals surface area contributed by atoms with Crippen LogP contribution < -0.4 is 0 Å². The molecule has 0 atom stereocenters. The van der Waals surface area contributed by atoms with Gasteiger partial charge in [-0.05, 0) is 30.3 Å². The lowest BCUT2D eigenvalue weighted by Gasteiger charge is -2.08. The van der Waals surface area contributed by atoms with E-state index in [1.165, 1.54) is 36.4 Å². The maximum atomic E-state index is 12.6. The Morgan fingerprint density at radius 2 is 1.73 bits per heavy atom. The van der Waals surface area contributed by atoms with Crippen molar-refractivity contribution in [3.8, 4) is 12.1 Å². The van der Waals surface area contributed by atoms with E-state index < -0.39 is 15.8 Å². The molecule has 0 amide bonds. The van der Waals surface area contributed by atoms with Gasteiger partial charge in [0.2, 0.25) is 9.84 Å². The summed E-state index contributed by atoms with van der Waals surface area (Å²) in [4.78, 5) is 10.4. The van der Waals surface area contributed by atoms with E-state index in [0.717, 1.165) is 6.07 Å². The van der Waals surface area contributed by atoms with Crippen LogP contribution in [0.15, 0.2) is 52.3 Å². The first-order valence-electron chi connectivity index (χ1n) is 5.93. The third kappa shape index (κ3) is 2.53. The van der Waals surface area contributed by atoms with Crippen molar-refractivity contribution in [3.63, 3.8) is 0 Å². The number of rotatable bonds is 3. The number of benzene rings is 2. The molecule has 6 nitrogen and oxygen atoms in total. The van der Waals surface area contributed by atoms with E-state index in [9.17, 15) is 13.2 Å². The molecule has 0 bridgehead atoms. The number of aromatic carboxylic acids is 1. The number of hydrogen-bond acceptors (Lipinski definition) is 5. The monoisotopic (exact) mass is 312 g/mol. The average Bonchev–Trinajstić information content (AvgIpc) is 2.53.